The Balaban J connectivity index is 2.51. The van der Waals surface area contributed by atoms with Crippen molar-refractivity contribution >= 4 is 11.9 Å². The molecule has 0 aromatic heterocycles. The Bertz CT molecular complexity index is 298. The molecule has 0 aliphatic heterocycles. The molecule has 0 saturated heterocycles. The molecule has 1 N–H and O–H groups in total. The second-order valence-corrected chi connectivity index (χ2v) is 4.37. The second kappa shape index (κ2) is 4.35. The van der Waals surface area contributed by atoms with Crippen LogP contribution in [0.3, 0.4) is 0 Å². The zero-order valence-electron chi connectivity index (χ0n) is 9.31. The number of rotatable bonds is 5. The van der Waals surface area contributed by atoms with Crippen LogP contribution in [0.2, 0.25) is 0 Å². The number of hydrogen-bond acceptors (Lipinski definition) is 3. The van der Waals surface area contributed by atoms with E-state index in [0.29, 0.717) is 12.8 Å². The van der Waals surface area contributed by atoms with Crippen LogP contribution in [-0.4, -0.2) is 36.4 Å². The van der Waals surface area contributed by atoms with Gasteiger partial charge in [0.15, 0.2) is 11.4 Å². The summed E-state index contributed by atoms with van der Waals surface area (Å²) < 4.78 is 29.4. The Morgan fingerprint density at radius 3 is 2.19 bits per heavy atom. The SMILES string of the molecule is CC(=O)C1(NC(=O)OC(C)(CF)CF)CC1. The minimum atomic E-state index is -1.77. The third-order valence-corrected chi connectivity index (χ3v) is 2.67. The van der Waals surface area contributed by atoms with Gasteiger partial charge in [0.2, 0.25) is 0 Å². The highest BCUT2D eigenvalue weighted by atomic mass is 19.1. The standard InChI is InChI=1S/C10H15F2NO3/c1-7(14)10(3-4-10)13-8(15)16-9(2,5-11)6-12/h3-6H2,1-2H3,(H,13,15). The molecule has 1 aliphatic rings. The first-order valence-electron chi connectivity index (χ1n) is 5.02. The largest absolute Gasteiger partial charge is 0.438 e. The van der Waals surface area contributed by atoms with Crippen molar-refractivity contribution in [3.05, 3.63) is 0 Å². The third kappa shape index (κ3) is 2.68. The van der Waals surface area contributed by atoms with Crippen LogP contribution >= 0.6 is 0 Å². The number of amides is 1. The van der Waals surface area contributed by atoms with Crippen molar-refractivity contribution < 1.29 is 23.1 Å². The maximum Gasteiger partial charge on any atom is 0.408 e. The number of hydrogen-bond donors (Lipinski definition) is 1. The summed E-state index contributed by atoms with van der Waals surface area (Å²) in [5.74, 6) is -0.174. The van der Waals surface area contributed by atoms with E-state index in [1.165, 1.54) is 6.92 Å². The van der Waals surface area contributed by atoms with Crippen LogP contribution in [0, 0.1) is 0 Å². The fourth-order valence-electron chi connectivity index (χ4n) is 1.23. The van der Waals surface area contributed by atoms with Crippen molar-refractivity contribution in [1.29, 1.82) is 0 Å². The highest BCUT2D eigenvalue weighted by Crippen LogP contribution is 2.36. The van der Waals surface area contributed by atoms with Crippen molar-refractivity contribution in [1.82, 2.24) is 5.32 Å². The number of carbonyl (C=O) groups is 2. The van der Waals surface area contributed by atoms with Crippen LogP contribution in [0.4, 0.5) is 13.6 Å². The summed E-state index contributed by atoms with van der Waals surface area (Å²) in [5, 5.41) is 2.35. The van der Waals surface area contributed by atoms with Crippen LogP contribution < -0.4 is 5.32 Å². The molecule has 0 bridgehead atoms. The summed E-state index contributed by atoms with van der Waals surface area (Å²) in [7, 11) is 0. The normalized spacial score (nSPS) is 17.8. The van der Waals surface area contributed by atoms with Crippen LogP contribution in [-0.2, 0) is 9.53 Å². The molecule has 0 heterocycles. The first kappa shape index (κ1) is 12.9. The van der Waals surface area contributed by atoms with Gasteiger partial charge in [0.25, 0.3) is 0 Å². The maximum atomic E-state index is 12.4. The van der Waals surface area contributed by atoms with Crippen molar-refractivity contribution in [3.63, 3.8) is 0 Å². The first-order valence-corrected chi connectivity index (χ1v) is 5.02. The molecule has 0 unspecified atom stereocenters. The van der Waals surface area contributed by atoms with Gasteiger partial charge in [-0.1, -0.05) is 0 Å². The van der Waals surface area contributed by atoms with Crippen molar-refractivity contribution in [2.75, 3.05) is 13.3 Å². The summed E-state index contributed by atoms with van der Waals surface area (Å²) in [5.41, 5.74) is -2.64. The van der Waals surface area contributed by atoms with Crippen molar-refractivity contribution in [3.8, 4) is 0 Å². The number of halogens is 2. The fraction of sp³-hybridized carbons (Fsp3) is 0.800. The summed E-state index contributed by atoms with van der Waals surface area (Å²) in [4.78, 5) is 22.5. The lowest BCUT2D eigenvalue weighted by molar-refractivity contribution is -0.120. The molecule has 0 atom stereocenters. The van der Waals surface area contributed by atoms with E-state index in [1.807, 2.05) is 0 Å². The summed E-state index contributed by atoms with van der Waals surface area (Å²) in [6, 6.07) is 0. The number of ketones is 1. The van der Waals surface area contributed by atoms with E-state index in [0.717, 1.165) is 6.92 Å². The molecule has 1 fully saturated rings. The number of carbonyl (C=O) groups excluding carboxylic acids is 2. The Hall–Kier alpha value is -1.20. The fourth-order valence-corrected chi connectivity index (χ4v) is 1.23. The number of ether oxygens (including phenoxy) is 1. The van der Waals surface area contributed by atoms with Crippen LogP contribution in [0.25, 0.3) is 0 Å². The van der Waals surface area contributed by atoms with Gasteiger partial charge >= 0.3 is 6.09 Å². The first-order chi connectivity index (χ1) is 7.37. The zero-order chi connectivity index (χ0) is 12.4. The summed E-state index contributed by atoms with van der Waals surface area (Å²) in [6.45, 7) is 0.296. The van der Waals surface area contributed by atoms with E-state index >= 15 is 0 Å². The minimum Gasteiger partial charge on any atom is -0.438 e. The molecule has 1 saturated carbocycles. The lowest BCUT2D eigenvalue weighted by Gasteiger charge is -2.24. The van der Waals surface area contributed by atoms with E-state index in [4.69, 9.17) is 0 Å². The van der Waals surface area contributed by atoms with E-state index in [9.17, 15) is 18.4 Å². The average Bonchev–Trinajstić information content (AvgIpc) is 2.98. The van der Waals surface area contributed by atoms with Crippen LogP contribution in [0.1, 0.15) is 26.7 Å². The van der Waals surface area contributed by atoms with Gasteiger partial charge in [-0.05, 0) is 26.7 Å². The van der Waals surface area contributed by atoms with Gasteiger partial charge in [-0.25, -0.2) is 13.6 Å². The van der Waals surface area contributed by atoms with Gasteiger partial charge in [0.1, 0.15) is 18.9 Å². The molecule has 1 amide bonds. The zero-order valence-corrected chi connectivity index (χ0v) is 9.31. The number of nitrogens with one attached hydrogen (secondary N) is 1. The Kier molecular flexibility index (Phi) is 3.50. The van der Waals surface area contributed by atoms with Crippen LogP contribution in [0.15, 0.2) is 0 Å². The maximum absolute atomic E-state index is 12.4. The second-order valence-electron chi connectivity index (χ2n) is 4.37. The van der Waals surface area contributed by atoms with E-state index in [1.54, 1.807) is 0 Å². The molecule has 4 nitrogen and oxygen atoms in total. The van der Waals surface area contributed by atoms with Gasteiger partial charge < -0.3 is 10.1 Å². The van der Waals surface area contributed by atoms with E-state index < -0.39 is 30.6 Å². The van der Waals surface area contributed by atoms with Gasteiger partial charge in [0, 0.05) is 0 Å². The van der Waals surface area contributed by atoms with Gasteiger partial charge in [-0.2, -0.15) is 0 Å². The number of alkyl halides is 2. The van der Waals surface area contributed by atoms with Crippen LogP contribution in [0.5, 0.6) is 0 Å². The van der Waals surface area contributed by atoms with Gasteiger partial charge in [-0.3, -0.25) is 4.79 Å². The lowest BCUT2D eigenvalue weighted by atomic mass is 10.1. The minimum absolute atomic E-state index is 0.174. The molecular formula is C10H15F2NO3. The number of alkyl carbamates (subject to hydrolysis) is 1. The summed E-state index contributed by atoms with van der Waals surface area (Å²) in [6.07, 6.45) is 0.129. The summed E-state index contributed by atoms with van der Waals surface area (Å²) >= 11 is 0. The molecule has 0 spiro atoms. The Labute approximate surface area is 92.3 Å². The third-order valence-electron chi connectivity index (χ3n) is 2.67. The topological polar surface area (TPSA) is 55.4 Å². The van der Waals surface area contributed by atoms with Crippen molar-refractivity contribution in [2.24, 2.45) is 0 Å². The molecule has 0 aromatic carbocycles. The van der Waals surface area contributed by atoms with Gasteiger partial charge in [-0.15, -0.1) is 0 Å². The molecule has 0 radical (unpaired) electrons. The van der Waals surface area contributed by atoms with E-state index in [2.05, 4.69) is 10.1 Å². The average molecular weight is 235 g/mol. The molecule has 0 aromatic rings. The predicted molar refractivity (Wildman–Crippen MR) is 52.6 cm³/mol. The highest BCUT2D eigenvalue weighted by Gasteiger charge is 2.49. The Morgan fingerprint density at radius 1 is 1.38 bits per heavy atom. The lowest BCUT2D eigenvalue weighted by Crippen LogP contribution is -2.47. The quantitative estimate of drug-likeness (QED) is 0.786. The predicted octanol–water partition coefficient (Wildman–Crippen LogP) is 1.53. The van der Waals surface area contributed by atoms with Crippen molar-refractivity contribution in [2.45, 2.75) is 37.8 Å². The number of Topliss-reactive ketones (excluding diaryl/α,β-unsaturated/α-hetero) is 1. The smallest absolute Gasteiger partial charge is 0.408 e. The molecule has 1 rings (SSSR count). The molecule has 16 heavy (non-hydrogen) atoms. The molecular weight excluding hydrogens is 220 g/mol. The van der Waals surface area contributed by atoms with Gasteiger partial charge in [0.05, 0.1) is 0 Å². The molecule has 6 heteroatoms. The highest BCUT2D eigenvalue weighted by molar-refractivity contribution is 5.92. The van der Waals surface area contributed by atoms with E-state index in [-0.39, 0.29) is 5.78 Å². The monoisotopic (exact) mass is 235 g/mol. The molecule has 1 aliphatic carbocycles. The molecule has 92 valence electrons. The Morgan fingerprint density at radius 2 is 1.88 bits per heavy atom.